The molecule has 0 aliphatic rings. The average molecular weight is 214 g/mol. The molecule has 3 N–H and O–H groups in total. The third kappa shape index (κ3) is 8.28. The first kappa shape index (κ1) is 13.7. The molecule has 86 valence electrons. The molecule has 0 saturated heterocycles. The van der Waals surface area contributed by atoms with Crippen molar-refractivity contribution in [1.29, 1.82) is 0 Å². The number of hydrogen-bond donors (Lipinski definition) is 2. The number of rotatable bonds is 7. The van der Waals surface area contributed by atoms with Crippen LogP contribution < -0.4 is 11.1 Å². The van der Waals surface area contributed by atoms with E-state index in [1.165, 1.54) is 7.11 Å². The standard InChI is InChI=1S/C8H17F3N2O/c1-14-7(5-12)6-13-4-2-3-8(9,10)11/h7,13H,2-6,12H2,1H3. The number of ether oxygens (including phenoxy) is 1. The lowest BCUT2D eigenvalue weighted by Crippen LogP contribution is -2.34. The average Bonchev–Trinajstić information content (AvgIpc) is 2.09. The van der Waals surface area contributed by atoms with Gasteiger partial charge in [-0.05, 0) is 13.0 Å². The van der Waals surface area contributed by atoms with E-state index in [0.29, 0.717) is 19.6 Å². The van der Waals surface area contributed by atoms with Crippen molar-refractivity contribution in [2.75, 3.05) is 26.7 Å². The van der Waals surface area contributed by atoms with Crippen LogP contribution in [0.4, 0.5) is 13.2 Å². The van der Waals surface area contributed by atoms with Crippen LogP contribution in [0.1, 0.15) is 12.8 Å². The summed E-state index contributed by atoms with van der Waals surface area (Å²) < 4.78 is 40.0. The smallest absolute Gasteiger partial charge is 0.379 e. The lowest BCUT2D eigenvalue weighted by atomic mass is 10.3. The van der Waals surface area contributed by atoms with E-state index < -0.39 is 12.6 Å². The van der Waals surface area contributed by atoms with Crippen LogP contribution in [-0.2, 0) is 4.74 Å². The maximum atomic E-state index is 11.7. The summed E-state index contributed by atoms with van der Waals surface area (Å²) in [5, 5.41) is 2.85. The van der Waals surface area contributed by atoms with E-state index in [1.807, 2.05) is 0 Å². The van der Waals surface area contributed by atoms with Crippen molar-refractivity contribution in [3.63, 3.8) is 0 Å². The minimum absolute atomic E-state index is 0.0878. The van der Waals surface area contributed by atoms with Gasteiger partial charge in [0.2, 0.25) is 0 Å². The molecule has 0 aromatic heterocycles. The van der Waals surface area contributed by atoms with Gasteiger partial charge < -0.3 is 15.8 Å². The van der Waals surface area contributed by atoms with Gasteiger partial charge in [0.1, 0.15) is 0 Å². The van der Waals surface area contributed by atoms with Crippen molar-refractivity contribution in [2.45, 2.75) is 25.1 Å². The van der Waals surface area contributed by atoms with E-state index in [2.05, 4.69) is 5.32 Å². The van der Waals surface area contributed by atoms with Crippen LogP contribution in [0.3, 0.4) is 0 Å². The molecule has 0 aromatic carbocycles. The predicted octanol–water partition coefficient (Wildman–Crippen LogP) is 0.892. The van der Waals surface area contributed by atoms with E-state index in [4.69, 9.17) is 10.5 Å². The number of hydrogen-bond acceptors (Lipinski definition) is 3. The summed E-state index contributed by atoms with van der Waals surface area (Å²) in [6, 6.07) is 0. The Hall–Kier alpha value is -0.330. The first-order valence-corrected chi connectivity index (χ1v) is 4.50. The molecule has 0 amide bonds. The summed E-state index contributed by atoms with van der Waals surface area (Å²) in [7, 11) is 1.52. The van der Waals surface area contributed by atoms with Gasteiger partial charge in [0.05, 0.1) is 6.10 Å². The Bertz CT molecular complexity index is 137. The molecule has 14 heavy (non-hydrogen) atoms. The topological polar surface area (TPSA) is 47.3 Å². The Kier molecular flexibility index (Phi) is 6.86. The van der Waals surface area contributed by atoms with Crippen LogP contribution in [0, 0.1) is 0 Å². The van der Waals surface area contributed by atoms with E-state index >= 15 is 0 Å². The van der Waals surface area contributed by atoms with Crippen LogP contribution >= 0.6 is 0 Å². The van der Waals surface area contributed by atoms with E-state index in [-0.39, 0.29) is 12.5 Å². The first-order chi connectivity index (χ1) is 6.49. The first-order valence-electron chi connectivity index (χ1n) is 4.50. The second kappa shape index (κ2) is 7.03. The zero-order chi connectivity index (χ0) is 11.0. The highest BCUT2D eigenvalue weighted by molar-refractivity contribution is 4.62. The summed E-state index contributed by atoms with van der Waals surface area (Å²) in [4.78, 5) is 0. The highest BCUT2D eigenvalue weighted by Gasteiger charge is 2.25. The van der Waals surface area contributed by atoms with Gasteiger partial charge in [0.25, 0.3) is 0 Å². The molecule has 0 aliphatic carbocycles. The van der Waals surface area contributed by atoms with Crippen LogP contribution in [-0.4, -0.2) is 39.0 Å². The number of nitrogens with one attached hydrogen (secondary N) is 1. The van der Waals surface area contributed by atoms with Gasteiger partial charge >= 0.3 is 6.18 Å². The summed E-state index contributed by atoms with van der Waals surface area (Å²) in [6.45, 7) is 1.19. The minimum atomic E-state index is -4.06. The Labute approximate surface area is 81.8 Å². The van der Waals surface area contributed by atoms with Crippen LogP contribution in [0.5, 0.6) is 0 Å². The molecular weight excluding hydrogens is 197 g/mol. The second-order valence-corrected chi connectivity index (χ2v) is 3.02. The maximum Gasteiger partial charge on any atom is 0.389 e. The van der Waals surface area contributed by atoms with Crippen molar-refractivity contribution in [3.8, 4) is 0 Å². The van der Waals surface area contributed by atoms with Gasteiger partial charge in [-0.3, -0.25) is 0 Å². The largest absolute Gasteiger partial charge is 0.389 e. The molecule has 1 atom stereocenters. The molecule has 0 aliphatic heterocycles. The highest BCUT2D eigenvalue weighted by atomic mass is 19.4. The molecule has 3 nitrogen and oxygen atoms in total. The Morgan fingerprint density at radius 2 is 2.07 bits per heavy atom. The normalized spacial score (nSPS) is 14.4. The van der Waals surface area contributed by atoms with Crippen molar-refractivity contribution < 1.29 is 17.9 Å². The summed E-state index contributed by atoms with van der Waals surface area (Å²) >= 11 is 0. The lowest BCUT2D eigenvalue weighted by Gasteiger charge is -2.13. The highest BCUT2D eigenvalue weighted by Crippen LogP contribution is 2.20. The van der Waals surface area contributed by atoms with E-state index in [0.717, 1.165) is 0 Å². The summed E-state index contributed by atoms with van der Waals surface area (Å²) in [5.74, 6) is 0. The van der Waals surface area contributed by atoms with Gasteiger partial charge in [-0.2, -0.15) is 13.2 Å². The fourth-order valence-corrected chi connectivity index (χ4v) is 0.940. The molecule has 0 radical (unpaired) electrons. The SMILES string of the molecule is COC(CN)CNCCCC(F)(F)F. The Balaban J connectivity index is 3.29. The fraction of sp³-hybridized carbons (Fsp3) is 1.00. The van der Waals surface area contributed by atoms with Gasteiger partial charge in [0, 0.05) is 26.6 Å². The van der Waals surface area contributed by atoms with Gasteiger partial charge in [-0.25, -0.2) is 0 Å². The molecule has 0 aromatic rings. The number of alkyl halides is 3. The molecule has 0 spiro atoms. The number of nitrogens with two attached hydrogens (primary N) is 1. The van der Waals surface area contributed by atoms with Crippen molar-refractivity contribution >= 4 is 0 Å². The van der Waals surface area contributed by atoms with Gasteiger partial charge in [0.15, 0.2) is 0 Å². The number of halogens is 3. The van der Waals surface area contributed by atoms with Crippen molar-refractivity contribution in [3.05, 3.63) is 0 Å². The fourth-order valence-electron chi connectivity index (χ4n) is 0.940. The predicted molar refractivity (Wildman–Crippen MR) is 48.0 cm³/mol. The van der Waals surface area contributed by atoms with Crippen molar-refractivity contribution in [1.82, 2.24) is 5.32 Å². The summed E-state index contributed by atoms with van der Waals surface area (Å²) in [6.07, 6.45) is -4.85. The molecule has 0 bridgehead atoms. The Morgan fingerprint density at radius 3 is 2.50 bits per heavy atom. The van der Waals surface area contributed by atoms with Crippen LogP contribution in [0.15, 0.2) is 0 Å². The van der Waals surface area contributed by atoms with Crippen molar-refractivity contribution in [2.24, 2.45) is 5.73 Å². The van der Waals surface area contributed by atoms with Crippen LogP contribution in [0.2, 0.25) is 0 Å². The molecular formula is C8H17F3N2O. The molecule has 0 heterocycles. The quantitative estimate of drug-likeness (QED) is 0.619. The third-order valence-electron chi connectivity index (χ3n) is 1.78. The third-order valence-corrected chi connectivity index (χ3v) is 1.78. The molecule has 0 saturated carbocycles. The number of methoxy groups -OCH3 is 1. The lowest BCUT2D eigenvalue weighted by molar-refractivity contribution is -0.135. The minimum Gasteiger partial charge on any atom is -0.379 e. The molecule has 1 unspecified atom stereocenters. The van der Waals surface area contributed by atoms with Gasteiger partial charge in [-0.15, -0.1) is 0 Å². The van der Waals surface area contributed by atoms with Crippen LogP contribution in [0.25, 0.3) is 0 Å². The molecule has 6 heteroatoms. The second-order valence-electron chi connectivity index (χ2n) is 3.02. The van der Waals surface area contributed by atoms with E-state index in [9.17, 15) is 13.2 Å². The summed E-state index contributed by atoms with van der Waals surface area (Å²) in [5.41, 5.74) is 5.32. The monoisotopic (exact) mass is 214 g/mol. The van der Waals surface area contributed by atoms with Gasteiger partial charge in [-0.1, -0.05) is 0 Å². The zero-order valence-corrected chi connectivity index (χ0v) is 8.23. The molecule has 0 fully saturated rings. The zero-order valence-electron chi connectivity index (χ0n) is 8.23. The van der Waals surface area contributed by atoms with E-state index in [1.54, 1.807) is 0 Å². The molecule has 0 rings (SSSR count). The maximum absolute atomic E-state index is 11.7. The Morgan fingerprint density at radius 1 is 1.43 bits per heavy atom.